The summed E-state index contributed by atoms with van der Waals surface area (Å²) in [5.41, 5.74) is 8.65. The fourth-order valence-corrected chi connectivity index (χ4v) is 3.69. The third-order valence-corrected chi connectivity index (χ3v) is 5.24. The normalized spacial score (nSPS) is 11.4. The van der Waals surface area contributed by atoms with Crippen molar-refractivity contribution in [2.24, 2.45) is 5.73 Å². The highest BCUT2D eigenvalue weighted by atomic mass is 35.5. The molecule has 0 aliphatic heterocycles. The van der Waals surface area contributed by atoms with Gasteiger partial charge in [0.25, 0.3) is 0 Å². The third-order valence-electron chi connectivity index (χ3n) is 4.46. The van der Waals surface area contributed by atoms with E-state index in [1.54, 1.807) is 0 Å². The maximum Gasteiger partial charge on any atom is 0.0503 e. The molecule has 2 N–H and O–H groups in total. The molecule has 23 heavy (non-hydrogen) atoms. The van der Waals surface area contributed by atoms with Gasteiger partial charge in [-0.1, -0.05) is 82.1 Å². The number of benzene rings is 1. The summed E-state index contributed by atoms with van der Waals surface area (Å²) in [7, 11) is 0. The lowest BCUT2D eigenvalue weighted by molar-refractivity contribution is 0.353. The quantitative estimate of drug-likeness (QED) is 0.453. The molecule has 0 aromatic heterocycles. The molecule has 4 heteroatoms. The van der Waals surface area contributed by atoms with Gasteiger partial charge in [-0.25, -0.2) is 0 Å². The van der Waals surface area contributed by atoms with E-state index in [4.69, 9.17) is 28.9 Å². The molecule has 1 aromatic rings. The van der Waals surface area contributed by atoms with Crippen LogP contribution >= 0.6 is 35.6 Å². The summed E-state index contributed by atoms with van der Waals surface area (Å²) < 4.78 is 0. The molecule has 0 saturated carbocycles. The fourth-order valence-electron chi connectivity index (χ4n) is 2.94. The van der Waals surface area contributed by atoms with Gasteiger partial charge in [-0.3, -0.25) is 0 Å². The highest BCUT2D eigenvalue weighted by Crippen LogP contribution is 2.39. The van der Waals surface area contributed by atoms with Crippen LogP contribution in [0.5, 0.6) is 0 Å². The van der Waals surface area contributed by atoms with Crippen molar-refractivity contribution in [3.63, 3.8) is 0 Å². The van der Waals surface area contributed by atoms with Gasteiger partial charge in [0.2, 0.25) is 0 Å². The van der Waals surface area contributed by atoms with E-state index in [9.17, 15) is 0 Å². The zero-order valence-corrected chi connectivity index (χ0v) is 17.1. The standard InChI is InChI=1S/C19H31Cl2N.ClH/c1-4-7-10-15-17(20)12-11-16(18(15)21)19(22,13-8-5-2)14-9-6-3;/h11-12H,4-10,13-14,22H2,1-3H3;1H. The predicted molar refractivity (Wildman–Crippen MR) is 107 cm³/mol. The monoisotopic (exact) mass is 379 g/mol. The van der Waals surface area contributed by atoms with Crippen molar-refractivity contribution in [2.45, 2.75) is 84.1 Å². The summed E-state index contributed by atoms with van der Waals surface area (Å²) in [6.45, 7) is 6.59. The second kappa shape index (κ2) is 11.6. The van der Waals surface area contributed by atoms with Crippen LogP contribution in [0.15, 0.2) is 12.1 Å². The topological polar surface area (TPSA) is 26.0 Å². The highest BCUT2D eigenvalue weighted by Gasteiger charge is 2.29. The molecule has 1 rings (SSSR count). The number of halogens is 3. The molecule has 0 heterocycles. The summed E-state index contributed by atoms with van der Waals surface area (Å²) in [6.07, 6.45) is 9.70. The lowest BCUT2D eigenvalue weighted by Crippen LogP contribution is -2.37. The third kappa shape index (κ3) is 6.46. The summed E-state index contributed by atoms with van der Waals surface area (Å²) >= 11 is 13.1. The molecule has 0 radical (unpaired) electrons. The van der Waals surface area contributed by atoms with Gasteiger partial charge in [0.05, 0.1) is 5.02 Å². The molecule has 1 aromatic carbocycles. The summed E-state index contributed by atoms with van der Waals surface area (Å²) in [6, 6.07) is 4.03. The molecule has 0 amide bonds. The summed E-state index contributed by atoms with van der Waals surface area (Å²) in [4.78, 5) is 0. The Kier molecular flexibility index (Phi) is 11.6. The van der Waals surface area contributed by atoms with Crippen molar-refractivity contribution in [1.29, 1.82) is 0 Å². The maximum absolute atomic E-state index is 6.81. The molecular weight excluding hydrogens is 349 g/mol. The van der Waals surface area contributed by atoms with Gasteiger partial charge >= 0.3 is 0 Å². The van der Waals surface area contributed by atoms with Gasteiger partial charge in [0, 0.05) is 10.6 Å². The maximum atomic E-state index is 6.81. The van der Waals surface area contributed by atoms with Crippen LogP contribution in [0.1, 0.15) is 83.3 Å². The first kappa shape index (κ1) is 23.1. The fraction of sp³-hybridized carbons (Fsp3) is 0.684. The van der Waals surface area contributed by atoms with Crippen molar-refractivity contribution >= 4 is 35.6 Å². The van der Waals surface area contributed by atoms with E-state index in [-0.39, 0.29) is 17.9 Å². The predicted octanol–water partition coefficient (Wildman–Crippen LogP) is 7.29. The molecule has 0 saturated heterocycles. The molecule has 0 spiro atoms. The molecule has 0 fully saturated rings. The first-order valence-corrected chi connectivity index (χ1v) is 9.52. The first-order valence-electron chi connectivity index (χ1n) is 8.76. The smallest absolute Gasteiger partial charge is 0.0503 e. The Morgan fingerprint density at radius 3 is 1.91 bits per heavy atom. The van der Waals surface area contributed by atoms with Crippen molar-refractivity contribution in [1.82, 2.24) is 0 Å². The van der Waals surface area contributed by atoms with Gasteiger partial charge in [-0.05, 0) is 42.9 Å². The first-order chi connectivity index (χ1) is 10.5. The Balaban J connectivity index is 0.00000484. The number of hydrogen-bond acceptors (Lipinski definition) is 1. The average molecular weight is 381 g/mol. The lowest BCUT2D eigenvalue weighted by Gasteiger charge is -2.32. The Labute approximate surface area is 158 Å². The minimum atomic E-state index is -0.325. The van der Waals surface area contributed by atoms with Crippen LogP contribution in [-0.4, -0.2) is 0 Å². The van der Waals surface area contributed by atoms with Gasteiger partial charge < -0.3 is 5.73 Å². The van der Waals surface area contributed by atoms with Gasteiger partial charge in [0.1, 0.15) is 0 Å². The van der Waals surface area contributed by atoms with Crippen molar-refractivity contribution in [3.05, 3.63) is 33.3 Å². The number of unbranched alkanes of at least 4 members (excludes halogenated alkanes) is 3. The van der Waals surface area contributed by atoms with E-state index >= 15 is 0 Å². The Morgan fingerprint density at radius 1 is 0.913 bits per heavy atom. The van der Waals surface area contributed by atoms with Crippen LogP contribution in [-0.2, 0) is 12.0 Å². The summed E-state index contributed by atoms with van der Waals surface area (Å²) in [5, 5.41) is 1.58. The Bertz CT molecular complexity index is 452. The number of rotatable bonds is 10. The molecule has 0 atom stereocenters. The Morgan fingerprint density at radius 2 is 1.43 bits per heavy atom. The van der Waals surface area contributed by atoms with E-state index < -0.39 is 0 Å². The Hall–Kier alpha value is 0.0500. The van der Waals surface area contributed by atoms with Crippen LogP contribution in [0.4, 0.5) is 0 Å². The molecule has 0 bridgehead atoms. The molecule has 0 aliphatic carbocycles. The zero-order valence-electron chi connectivity index (χ0n) is 14.8. The average Bonchev–Trinajstić information content (AvgIpc) is 2.51. The van der Waals surface area contributed by atoms with Crippen molar-refractivity contribution in [2.75, 3.05) is 0 Å². The van der Waals surface area contributed by atoms with Gasteiger partial charge in [-0.15, -0.1) is 12.4 Å². The zero-order chi connectivity index (χ0) is 16.6. The lowest BCUT2D eigenvalue weighted by atomic mass is 9.80. The van der Waals surface area contributed by atoms with E-state index in [0.717, 1.165) is 79.0 Å². The molecular formula is C19H32Cl3N. The number of nitrogens with two attached hydrogens (primary N) is 1. The van der Waals surface area contributed by atoms with E-state index in [2.05, 4.69) is 20.8 Å². The molecule has 0 unspecified atom stereocenters. The van der Waals surface area contributed by atoms with Gasteiger partial charge in [-0.2, -0.15) is 0 Å². The van der Waals surface area contributed by atoms with Crippen LogP contribution < -0.4 is 5.73 Å². The van der Waals surface area contributed by atoms with Crippen molar-refractivity contribution < 1.29 is 0 Å². The van der Waals surface area contributed by atoms with Crippen LogP contribution in [0, 0.1) is 0 Å². The molecule has 1 nitrogen and oxygen atoms in total. The summed E-state index contributed by atoms with van der Waals surface area (Å²) in [5.74, 6) is 0. The second-order valence-corrected chi connectivity index (χ2v) is 7.14. The second-order valence-electron chi connectivity index (χ2n) is 6.35. The van der Waals surface area contributed by atoms with Gasteiger partial charge in [0.15, 0.2) is 0 Å². The molecule has 0 aliphatic rings. The minimum absolute atomic E-state index is 0. The number of hydrogen-bond donors (Lipinski definition) is 1. The van der Waals surface area contributed by atoms with E-state index in [1.807, 2.05) is 12.1 Å². The van der Waals surface area contributed by atoms with Crippen LogP contribution in [0.25, 0.3) is 0 Å². The van der Waals surface area contributed by atoms with Crippen LogP contribution in [0.3, 0.4) is 0 Å². The van der Waals surface area contributed by atoms with E-state index in [0.29, 0.717) is 0 Å². The SMILES string of the molecule is CCCCc1c(Cl)ccc(C(N)(CCCC)CCCC)c1Cl.Cl. The molecule has 134 valence electrons. The van der Waals surface area contributed by atoms with E-state index in [1.165, 1.54) is 0 Å². The van der Waals surface area contributed by atoms with Crippen LogP contribution in [0.2, 0.25) is 10.0 Å². The van der Waals surface area contributed by atoms with Crippen molar-refractivity contribution in [3.8, 4) is 0 Å². The largest absolute Gasteiger partial charge is 0.321 e. The minimum Gasteiger partial charge on any atom is -0.321 e. The highest BCUT2D eigenvalue weighted by molar-refractivity contribution is 6.36.